The Hall–Kier alpha value is -2.11. The molecule has 6 heteroatoms. The van der Waals surface area contributed by atoms with Crippen molar-refractivity contribution >= 4 is 12.1 Å². The highest BCUT2D eigenvalue weighted by molar-refractivity contribution is 5.88. The SMILES string of the molecule is COC(=O)c1ccc(CN2CCOC2=O)nc1. The van der Waals surface area contributed by atoms with Gasteiger partial charge in [0.1, 0.15) is 6.61 Å². The molecule has 0 spiro atoms. The first kappa shape index (κ1) is 11.4. The van der Waals surface area contributed by atoms with Crippen LogP contribution in [0.5, 0.6) is 0 Å². The lowest BCUT2D eigenvalue weighted by atomic mass is 10.2. The zero-order valence-corrected chi connectivity index (χ0v) is 9.38. The van der Waals surface area contributed by atoms with Gasteiger partial charge < -0.3 is 9.47 Å². The number of rotatable bonds is 3. The third-order valence-electron chi connectivity index (χ3n) is 2.44. The molecule has 2 rings (SSSR count). The summed E-state index contributed by atoms with van der Waals surface area (Å²) < 4.78 is 9.37. The van der Waals surface area contributed by atoms with Crippen LogP contribution in [0, 0.1) is 0 Å². The zero-order valence-electron chi connectivity index (χ0n) is 9.38. The van der Waals surface area contributed by atoms with Crippen LogP contribution in [0.25, 0.3) is 0 Å². The maximum absolute atomic E-state index is 11.2. The van der Waals surface area contributed by atoms with Crippen LogP contribution in [0.1, 0.15) is 16.1 Å². The topological polar surface area (TPSA) is 68.7 Å². The van der Waals surface area contributed by atoms with Crippen LogP contribution in [0.4, 0.5) is 4.79 Å². The van der Waals surface area contributed by atoms with Crippen molar-refractivity contribution in [3.8, 4) is 0 Å². The lowest BCUT2D eigenvalue weighted by molar-refractivity contribution is 0.0600. The molecular formula is C11H12N2O4. The van der Waals surface area contributed by atoms with E-state index < -0.39 is 5.97 Å². The van der Waals surface area contributed by atoms with Gasteiger partial charge in [0.25, 0.3) is 0 Å². The summed E-state index contributed by atoms with van der Waals surface area (Å²) in [6.45, 7) is 1.37. The van der Waals surface area contributed by atoms with Crippen molar-refractivity contribution in [1.82, 2.24) is 9.88 Å². The lowest BCUT2D eigenvalue weighted by Gasteiger charge is -2.11. The van der Waals surface area contributed by atoms with E-state index in [9.17, 15) is 9.59 Å². The van der Waals surface area contributed by atoms with Crippen LogP contribution < -0.4 is 0 Å². The smallest absolute Gasteiger partial charge is 0.410 e. The summed E-state index contributed by atoms with van der Waals surface area (Å²) in [6, 6.07) is 3.31. The van der Waals surface area contributed by atoms with Crippen molar-refractivity contribution in [1.29, 1.82) is 0 Å². The Morgan fingerprint density at radius 3 is 2.94 bits per heavy atom. The molecule has 1 amide bonds. The van der Waals surface area contributed by atoms with Gasteiger partial charge in [-0.25, -0.2) is 9.59 Å². The van der Waals surface area contributed by atoms with Crippen molar-refractivity contribution < 1.29 is 19.1 Å². The number of ether oxygens (including phenoxy) is 2. The number of aromatic nitrogens is 1. The molecule has 0 N–H and O–H groups in total. The van der Waals surface area contributed by atoms with Crippen molar-refractivity contribution in [2.45, 2.75) is 6.54 Å². The first-order valence-corrected chi connectivity index (χ1v) is 5.15. The first-order chi connectivity index (χ1) is 8.20. The highest BCUT2D eigenvalue weighted by Gasteiger charge is 2.22. The molecule has 0 unspecified atom stereocenters. The highest BCUT2D eigenvalue weighted by atomic mass is 16.6. The first-order valence-electron chi connectivity index (χ1n) is 5.15. The molecule has 0 atom stereocenters. The van der Waals surface area contributed by atoms with Crippen molar-refractivity contribution in [3.63, 3.8) is 0 Å². The fourth-order valence-corrected chi connectivity index (χ4v) is 1.52. The van der Waals surface area contributed by atoms with Crippen LogP contribution >= 0.6 is 0 Å². The Balaban J connectivity index is 2.03. The summed E-state index contributed by atoms with van der Waals surface area (Å²) in [6.07, 6.45) is 1.10. The Bertz CT molecular complexity index is 430. The monoisotopic (exact) mass is 236 g/mol. The molecule has 1 aromatic heterocycles. The van der Waals surface area contributed by atoms with Gasteiger partial charge in [-0.2, -0.15) is 0 Å². The quantitative estimate of drug-likeness (QED) is 0.727. The van der Waals surface area contributed by atoms with E-state index in [4.69, 9.17) is 4.74 Å². The van der Waals surface area contributed by atoms with E-state index in [1.54, 1.807) is 17.0 Å². The molecule has 0 saturated carbocycles. The van der Waals surface area contributed by atoms with E-state index >= 15 is 0 Å². The van der Waals surface area contributed by atoms with Crippen LogP contribution in [0.15, 0.2) is 18.3 Å². The van der Waals surface area contributed by atoms with E-state index in [1.165, 1.54) is 13.3 Å². The molecule has 17 heavy (non-hydrogen) atoms. The third kappa shape index (κ3) is 2.52. The molecule has 0 aliphatic carbocycles. The molecular weight excluding hydrogens is 224 g/mol. The number of carbonyl (C=O) groups is 2. The molecule has 90 valence electrons. The number of hydrogen-bond donors (Lipinski definition) is 0. The summed E-state index contributed by atoms with van der Waals surface area (Å²) in [7, 11) is 1.32. The van der Waals surface area contributed by atoms with Gasteiger partial charge in [-0.1, -0.05) is 0 Å². The maximum Gasteiger partial charge on any atom is 0.410 e. The van der Waals surface area contributed by atoms with Crippen LogP contribution in [-0.4, -0.2) is 42.2 Å². The van der Waals surface area contributed by atoms with Gasteiger partial charge in [-0.15, -0.1) is 0 Å². The number of esters is 1. The van der Waals surface area contributed by atoms with Crippen LogP contribution in [-0.2, 0) is 16.0 Å². The van der Waals surface area contributed by atoms with Crippen molar-refractivity contribution in [3.05, 3.63) is 29.6 Å². The molecule has 1 aliphatic heterocycles. The third-order valence-corrected chi connectivity index (χ3v) is 2.44. The second-order valence-corrected chi connectivity index (χ2v) is 3.57. The number of pyridine rings is 1. The Morgan fingerprint density at radius 2 is 2.41 bits per heavy atom. The summed E-state index contributed by atoms with van der Waals surface area (Å²) >= 11 is 0. The second kappa shape index (κ2) is 4.82. The number of amides is 1. The number of methoxy groups -OCH3 is 1. The van der Waals surface area contributed by atoms with Crippen molar-refractivity contribution in [2.24, 2.45) is 0 Å². The summed E-state index contributed by atoms with van der Waals surface area (Å²) in [5, 5.41) is 0. The largest absolute Gasteiger partial charge is 0.465 e. The Morgan fingerprint density at radius 1 is 1.59 bits per heavy atom. The number of nitrogens with zero attached hydrogens (tertiary/aromatic N) is 2. The minimum absolute atomic E-state index is 0.330. The van der Waals surface area contributed by atoms with Gasteiger partial charge in [0.15, 0.2) is 0 Å². The standard InChI is InChI=1S/C11H12N2O4/c1-16-10(14)8-2-3-9(12-6-8)7-13-4-5-17-11(13)15/h2-3,6H,4-5,7H2,1H3. The minimum Gasteiger partial charge on any atom is -0.465 e. The van der Waals surface area contributed by atoms with Gasteiger partial charge in [-0.3, -0.25) is 9.88 Å². The maximum atomic E-state index is 11.2. The lowest BCUT2D eigenvalue weighted by Crippen LogP contribution is -2.24. The molecule has 0 radical (unpaired) electrons. The fraction of sp³-hybridized carbons (Fsp3) is 0.364. The minimum atomic E-state index is -0.426. The summed E-state index contributed by atoms with van der Waals surface area (Å²) in [5.74, 6) is -0.426. The fourth-order valence-electron chi connectivity index (χ4n) is 1.52. The van der Waals surface area contributed by atoms with E-state index in [1.807, 2.05) is 0 Å². The number of hydrogen-bond acceptors (Lipinski definition) is 5. The van der Waals surface area contributed by atoms with E-state index in [0.29, 0.717) is 31.0 Å². The second-order valence-electron chi connectivity index (χ2n) is 3.57. The zero-order chi connectivity index (χ0) is 12.3. The average molecular weight is 236 g/mol. The normalized spacial score (nSPS) is 14.6. The predicted molar refractivity (Wildman–Crippen MR) is 57.3 cm³/mol. The molecule has 1 fully saturated rings. The van der Waals surface area contributed by atoms with Gasteiger partial charge in [0.2, 0.25) is 0 Å². The van der Waals surface area contributed by atoms with Gasteiger partial charge in [-0.05, 0) is 12.1 Å². The Labute approximate surface area is 98.1 Å². The van der Waals surface area contributed by atoms with Crippen molar-refractivity contribution in [2.75, 3.05) is 20.3 Å². The van der Waals surface area contributed by atoms with Crippen LogP contribution in [0.3, 0.4) is 0 Å². The van der Waals surface area contributed by atoms with Gasteiger partial charge in [0, 0.05) is 6.20 Å². The highest BCUT2D eigenvalue weighted by Crippen LogP contribution is 2.09. The molecule has 6 nitrogen and oxygen atoms in total. The number of cyclic esters (lactones) is 1. The summed E-state index contributed by atoms with van der Waals surface area (Å²) in [4.78, 5) is 28.0. The molecule has 0 bridgehead atoms. The van der Waals surface area contributed by atoms with Crippen LogP contribution in [0.2, 0.25) is 0 Å². The predicted octanol–water partition coefficient (Wildman–Crippen LogP) is 0.820. The van der Waals surface area contributed by atoms with E-state index in [0.717, 1.165) is 0 Å². The Kier molecular flexibility index (Phi) is 3.22. The summed E-state index contributed by atoms with van der Waals surface area (Å²) in [5.41, 5.74) is 1.09. The molecule has 1 aliphatic rings. The van der Waals surface area contributed by atoms with E-state index in [2.05, 4.69) is 9.72 Å². The van der Waals surface area contributed by atoms with Gasteiger partial charge in [0.05, 0.1) is 31.5 Å². The molecule has 2 heterocycles. The van der Waals surface area contributed by atoms with E-state index in [-0.39, 0.29) is 6.09 Å². The molecule has 1 aromatic rings. The molecule has 0 aromatic carbocycles. The van der Waals surface area contributed by atoms with Gasteiger partial charge >= 0.3 is 12.1 Å². The molecule has 1 saturated heterocycles. The number of carbonyl (C=O) groups excluding carboxylic acids is 2. The average Bonchev–Trinajstić information content (AvgIpc) is 2.75.